The third-order valence-corrected chi connectivity index (χ3v) is 7.02. The fourth-order valence-corrected chi connectivity index (χ4v) is 5.11. The smallest absolute Gasteiger partial charge is 0.243 e. The van der Waals surface area contributed by atoms with Crippen LogP contribution in [-0.2, 0) is 14.8 Å². The maximum atomic E-state index is 13.0. The Bertz CT molecular complexity index is 1260. The molecule has 1 aliphatic heterocycles. The van der Waals surface area contributed by atoms with Gasteiger partial charge in [0.2, 0.25) is 27.7 Å². The fourth-order valence-electron chi connectivity index (χ4n) is 4.16. The number of carbonyl (C=O) groups is 1. The molecule has 1 amide bonds. The summed E-state index contributed by atoms with van der Waals surface area (Å²) in [5, 5.41) is 8.24. The first kappa shape index (κ1) is 23.6. The lowest BCUT2D eigenvalue weighted by Gasteiger charge is -2.22. The minimum Gasteiger partial charge on any atom is -0.494 e. The summed E-state index contributed by atoms with van der Waals surface area (Å²) >= 11 is 0. The normalized spacial score (nSPS) is 18.4. The van der Waals surface area contributed by atoms with Crippen LogP contribution < -0.4 is 14.2 Å². The second-order valence-electron chi connectivity index (χ2n) is 8.11. The van der Waals surface area contributed by atoms with Gasteiger partial charge < -0.3 is 18.8 Å². The number of carbonyl (C=O) groups excluding carboxylic acids is 1. The second-order valence-corrected chi connectivity index (χ2v) is 9.95. The van der Waals surface area contributed by atoms with E-state index < -0.39 is 10.0 Å². The lowest BCUT2D eigenvalue weighted by molar-refractivity contribution is -0.131. The van der Waals surface area contributed by atoms with Gasteiger partial charge in [0, 0.05) is 19.9 Å². The van der Waals surface area contributed by atoms with Crippen molar-refractivity contribution in [2.24, 2.45) is 5.92 Å². The number of para-hydroxylation sites is 1. The average Bonchev–Trinajstić information content (AvgIpc) is 3.52. The summed E-state index contributed by atoms with van der Waals surface area (Å²) in [4.78, 5) is 14.0. The highest BCUT2D eigenvalue weighted by atomic mass is 32.2. The van der Waals surface area contributed by atoms with Crippen LogP contribution in [-0.4, -0.2) is 66.5 Å². The van der Waals surface area contributed by atoms with Crippen LogP contribution in [0.5, 0.6) is 11.5 Å². The van der Waals surface area contributed by atoms with Crippen LogP contribution in [0.2, 0.25) is 0 Å². The first-order valence-corrected chi connectivity index (χ1v) is 12.4. The van der Waals surface area contributed by atoms with Gasteiger partial charge >= 0.3 is 0 Å². The van der Waals surface area contributed by atoms with Crippen molar-refractivity contribution in [2.45, 2.75) is 26.3 Å². The lowest BCUT2D eigenvalue weighted by Crippen LogP contribution is -2.37. The van der Waals surface area contributed by atoms with Crippen LogP contribution in [0, 0.1) is 5.92 Å². The highest BCUT2D eigenvalue weighted by molar-refractivity contribution is 7.92. The number of likely N-dealkylation sites (tertiary alicyclic amines) is 1. The van der Waals surface area contributed by atoms with Gasteiger partial charge in [-0.15, -0.1) is 10.2 Å². The molecular weight excluding hydrogens is 462 g/mol. The monoisotopic (exact) mass is 491 g/mol. The zero-order valence-corrected chi connectivity index (χ0v) is 20.2. The number of amides is 1. The SMILES string of the molecule is COc1cccc(OC)c1-n1c(NS(=O)(=O)CCN2C(=O)[C@H](C)C[C@H]2C)nnc1-c1ccco1.[HH]. The molecule has 3 aromatic rings. The van der Waals surface area contributed by atoms with Crippen molar-refractivity contribution < 1.29 is 28.5 Å². The van der Waals surface area contributed by atoms with Gasteiger partial charge in [-0.3, -0.25) is 14.1 Å². The molecule has 0 aliphatic carbocycles. The van der Waals surface area contributed by atoms with Crippen molar-refractivity contribution in [1.29, 1.82) is 0 Å². The lowest BCUT2D eigenvalue weighted by atomic mass is 10.1. The molecule has 0 unspecified atom stereocenters. The number of ether oxygens (including phenoxy) is 2. The summed E-state index contributed by atoms with van der Waals surface area (Å²) < 4.78 is 46.5. The molecular formula is C22H29N5O6S. The van der Waals surface area contributed by atoms with Crippen molar-refractivity contribution in [2.75, 3.05) is 31.2 Å². The molecule has 3 heterocycles. The molecule has 184 valence electrons. The van der Waals surface area contributed by atoms with Crippen LogP contribution in [0.15, 0.2) is 41.0 Å². The Kier molecular flexibility index (Phi) is 6.51. The van der Waals surface area contributed by atoms with Crippen molar-refractivity contribution in [3.8, 4) is 28.8 Å². The maximum absolute atomic E-state index is 13.0. The Labute approximate surface area is 199 Å². The van der Waals surface area contributed by atoms with Gasteiger partial charge in [0.1, 0.15) is 17.2 Å². The van der Waals surface area contributed by atoms with Gasteiger partial charge in [0.25, 0.3) is 0 Å². The van der Waals surface area contributed by atoms with Gasteiger partial charge in [-0.2, -0.15) is 0 Å². The summed E-state index contributed by atoms with van der Waals surface area (Å²) in [5.41, 5.74) is 0.402. The number of rotatable bonds is 9. The molecule has 4 rings (SSSR count). The van der Waals surface area contributed by atoms with Gasteiger partial charge in [0.15, 0.2) is 5.76 Å². The summed E-state index contributed by atoms with van der Waals surface area (Å²) in [7, 11) is -0.902. The van der Waals surface area contributed by atoms with Gasteiger partial charge in [-0.05, 0) is 37.6 Å². The Morgan fingerprint density at radius 3 is 2.41 bits per heavy atom. The molecule has 1 N–H and O–H groups in total. The van der Waals surface area contributed by atoms with Crippen LogP contribution in [0.25, 0.3) is 17.3 Å². The number of nitrogens with zero attached hydrogens (tertiary/aromatic N) is 4. The Morgan fingerprint density at radius 2 is 1.85 bits per heavy atom. The fraction of sp³-hybridized carbons (Fsp3) is 0.409. The predicted octanol–water partition coefficient (Wildman–Crippen LogP) is 2.79. The van der Waals surface area contributed by atoms with E-state index in [4.69, 9.17) is 13.9 Å². The zero-order chi connectivity index (χ0) is 24.5. The summed E-state index contributed by atoms with van der Waals surface area (Å²) in [6.45, 7) is 3.85. The van der Waals surface area contributed by atoms with E-state index in [-0.39, 0.29) is 43.4 Å². The van der Waals surface area contributed by atoms with E-state index in [1.807, 2.05) is 13.8 Å². The van der Waals surface area contributed by atoms with Crippen LogP contribution in [0.3, 0.4) is 0 Å². The molecule has 1 aliphatic rings. The van der Waals surface area contributed by atoms with Crippen molar-refractivity contribution in [3.05, 3.63) is 36.6 Å². The molecule has 1 fully saturated rings. The third kappa shape index (κ3) is 4.45. The number of methoxy groups -OCH3 is 2. The minimum atomic E-state index is -3.89. The molecule has 1 aromatic carbocycles. The number of benzene rings is 1. The molecule has 0 radical (unpaired) electrons. The van der Waals surface area contributed by atoms with Crippen molar-refractivity contribution in [1.82, 2.24) is 19.7 Å². The third-order valence-electron chi connectivity index (χ3n) is 5.81. The quantitative estimate of drug-likeness (QED) is 0.484. The topological polar surface area (TPSA) is 129 Å². The van der Waals surface area contributed by atoms with E-state index in [1.165, 1.54) is 25.0 Å². The maximum Gasteiger partial charge on any atom is 0.243 e. The number of anilines is 1. The molecule has 2 atom stereocenters. The highest BCUT2D eigenvalue weighted by Crippen LogP contribution is 2.37. The van der Waals surface area contributed by atoms with Crippen molar-refractivity contribution >= 4 is 21.9 Å². The first-order chi connectivity index (χ1) is 16.3. The van der Waals surface area contributed by atoms with Crippen LogP contribution in [0.1, 0.15) is 21.7 Å². The van der Waals surface area contributed by atoms with Gasteiger partial charge in [-0.25, -0.2) is 8.42 Å². The van der Waals surface area contributed by atoms with Crippen LogP contribution in [0.4, 0.5) is 5.95 Å². The molecule has 0 saturated carbocycles. The summed E-state index contributed by atoms with van der Waals surface area (Å²) in [5.74, 6) is 0.951. The average molecular weight is 492 g/mol. The molecule has 1 saturated heterocycles. The zero-order valence-electron chi connectivity index (χ0n) is 19.4. The number of aromatic nitrogens is 3. The number of sulfonamides is 1. The van der Waals surface area contributed by atoms with E-state index >= 15 is 0 Å². The van der Waals surface area contributed by atoms with E-state index in [9.17, 15) is 13.2 Å². The second kappa shape index (κ2) is 9.37. The molecule has 0 bridgehead atoms. The van der Waals surface area contributed by atoms with Crippen LogP contribution >= 0.6 is 0 Å². The molecule has 11 nitrogen and oxygen atoms in total. The van der Waals surface area contributed by atoms with E-state index in [2.05, 4.69) is 14.9 Å². The predicted molar refractivity (Wildman–Crippen MR) is 127 cm³/mol. The summed E-state index contributed by atoms with van der Waals surface area (Å²) in [6.07, 6.45) is 2.19. The van der Waals surface area contributed by atoms with E-state index in [0.29, 0.717) is 29.4 Å². The van der Waals surface area contributed by atoms with Gasteiger partial charge in [0.05, 0.1) is 26.2 Å². The standard InChI is InChI=1S/C22H27N5O6S.H2/c1-14-13-15(2)26(21(14)28)10-12-34(29,30)25-22-24-23-20(18-9-6-11-33-18)27(22)19-16(31-3)7-5-8-17(19)32-4;/h5-9,11,14-15H,10,12-13H2,1-4H3,(H,24,25);1H/t14-,15-;/m1./s1. The molecule has 0 spiro atoms. The number of furan rings is 1. The van der Waals surface area contributed by atoms with E-state index in [0.717, 1.165) is 0 Å². The number of hydrogen-bond acceptors (Lipinski definition) is 8. The number of nitrogens with one attached hydrogen (secondary N) is 1. The summed E-state index contributed by atoms with van der Waals surface area (Å²) in [6, 6.07) is 8.53. The van der Waals surface area contributed by atoms with Crippen molar-refractivity contribution in [3.63, 3.8) is 0 Å². The van der Waals surface area contributed by atoms with Gasteiger partial charge in [-0.1, -0.05) is 13.0 Å². The Balaban J connectivity index is 0.00000342. The highest BCUT2D eigenvalue weighted by Gasteiger charge is 2.35. The first-order valence-electron chi connectivity index (χ1n) is 10.8. The number of hydrogen-bond donors (Lipinski definition) is 1. The molecule has 2 aromatic heterocycles. The molecule has 34 heavy (non-hydrogen) atoms. The van der Waals surface area contributed by atoms with E-state index in [1.54, 1.807) is 35.2 Å². The Hall–Kier alpha value is -3.54. The minimum absolute atomic E-state index is 0. The molecule has 12 heteroatoms. The Morgan fingerprint density at radius 1 is 1.15 bits per heavy atom. The largest absolute Gasteiger partial charge is 0.494 e.